The number of aliphatic hydroxyl groups is 1. The van der Waals surface area contributed by atoms with Gasteiger partial charge in [-0.1, -0.05) is 114 Å². The first-order chi connectivity index (χ1) is 38.3. The number of aromatic nitrogens is 3. The van der Waals surface area contributed by atoms with Crippen LogP contribution in [0.3, 0.4) is 0 Å². The molecule has 0 bridgehead atoms. The van der Waals surface area contributed by atoms with E-state index >= 15 is 14.4 Å². The van der Waals surface area contributed by atoms with E-state index in [0.29, 0.717) is 59.1 Å². The van der Waals surface area contributed by atoms with Gasteiger partial charge in [0.25, 0.3) is 0 Å². The predicted octanol–water partition coefficient (Wildman–Crippen LogP) is 6.38. The zero-order valence-corrected chi connectivity index (χ0v) is 42.7. The van der Waals surface area contributed by atoms with Crippen molar-refractivity contribution < 1.29 is 52.7 Å². The number of piperazine rings is 1. The number of aliphatic hydroxyl groups excluding tert-OH is 1. The highest BCUT2D eigenvalue weighted by Gasteiger charge is 2.76. The number of rotatable bonds is 13. The Morgan fingerprint density at radius 3 is 2.32 bits per heavy atom. The third kappa shape index (κ3) is 8.83. The van der Waals surface area contributed by atoms with Crippen LogP contribution >= 0.6 is 0 Å². The topological polar surface area (TPSA) is 188 Å². The van der Waals surface area contributed by atoms with Gasteiger partial charge in [0.1, 0.15) is 48.6 Å². The van der Waals surface area contributed by atoms with E-state index in [-0.39, 0.29) is 64.1 Å². The number of nitrogens with zero attached hydrogens (tertiary/aromatic N) is 7. The Kier molecular flexibility index (Phi) is 13.8. The lowest BCUT2D eigenvalue weighted by Gasteiger charge is -2.46. The molecule has 5 aliphatic heterocycles. The highest BCUT2D eigenvalue weighted by Crippen LogP contribution is 2.67. The number of methoxy groups -OCH3 is 1. The summed E-state index contributed by atoms with van der Waals surface area (Å²) in [7, 11) is 1.47. The molecule has 6 aromatic carbocycles. The standard InChI is InChI=1S/C60H55N7O11/c1-73-33-34-75-59(72)66-46-24-22-39(13-12-26-65-47-20-10-9-19-45(47)61-62-65)35-44(46)60(58(66)71)51(56(69)64-29-27-63(28-30-64)37-40-23-25-49-50(36-40)77-38-76-49)53-57(70)78-54(42-16-6-3-7-17-42)52(41-14-4-2-5-15-41)67(53)55(60)43-18-8-11-21-48(43)74-32-31-68/h2-11,14-25,35-36,51-55,68H,26-34,37-38H2,1H3. The van der Waals surface area contributed by atoms with Crippen LogP contribution in [0.1, 0.15) is 51.6 Å². The number of hydrogen-bond donors (Lipinski definition) is 1. The Hall–Kier alpha value is -8.60. The van der Waals surface area contributed by atoms with E-state index in [9.17, 15) is 9.90 Å². The average Bonchev–Trinajstić information content (AvgIpc) is 2.59. The van der Waals surface area contributed by atoms with Crippen LogP contribution in [0.4, 0.5) is 10.5 Å². The van der Waals surface area contributed by atoms with Crippen LogP contribution in [0.5, 0.6) is 17.2 Å². The summed E-state index contributed by atoms with van der Waals surface area (Å²) in [6, 6.07) is 41.1. The third-order valence-electron chi connectivity index (χ3n) is 15.4. The van der Waals surface area contributed by atoms with Gasteiger partial charge < -0.3 is 38.4 Å². The maximum absolute atomic E-state index is 16.8. The SMILES string of the molecule is COCCOC(=O)N1C(=O)C2(c3cc(C#CCn4nnc5ccccc54)ccc31)C(C(=O)N1CCN(Cc3ccc4c(c3)OCO4)CC1)C1C(=O)OC(c3ccccc3)C(c3ccccc3)N1C2c1ccccc1OCCO. The van der Waals surface area contributed by atoms with Gasteiger partial charge in [-0.3, -0.25) is 24.2 Å². The Morgan fingerprint density at radius 1 is 0.782 bits per heavy atom. The van der Waals surface area contributed by atoms with Crippen molar-refractivity contribution in [1.29, 1.82) is 0 Å². The number of fused-ring (bicyclic) bond motifs is 5. The van der Waals surface area contributed by atoms with E-state index in [1.54, 1.807) is 46.0 Å². The second-order valence-electron chi connectivity index (χ2n) is 19.7. The molecule has 1 spiro atoms. The van der Waals surface area contributed by atoms with Crippen LogP contribution in [-0.4, -0.2) is 131 Å². The number of para-hydroxylation sites is 2. The fraction of sp³-hybridized carbons (Fsp3) is 0.300. The maximum Gasteiger partial charge on any atom is 0.421 e. The minimum Gasteiger partial charge on any atom is -0.491 e. The summed E-state index contributed by atoms with van der Waals surface area (Å²) >= 11 is 0. The van der Waals surface area contributed by atoms with Crippen LogP contribution in [0.25, 0.3) is 11.0 Å². The molecule has 396 valence electrons. The Morgan fingerprint density at radius 2 is 1.53 bits per heavy atom. The lowest BCUT2D eigenvalue weighted by Crippen LogP contribution is -2.59. The summed E-state index contributed by atoms with van der Waals surface area (Å²) in [5.41, 5.74) is 3.18. The van der Waals surface area contributed by atoms with Crippen molar-refractivity contribution in [2.24, 2.45) is 5.92 Å². The number of cyclic esters (lactones) is 1. The van der Waals surface area contributed by atoms with E-state index in [2.05, 4.69) is 27.1 Å². The molecule has 18 heteroatoms. The fourth-order valence-electron chi connectivity index (χ4n) is 12.1. The van der Waals surface area contributed by atoms with E-state index in [1.165, 1.54) is 7.11 Å². The molecule has 0 radical (unpaired) electrons. The molecule has 0 aliphatic carbocycles. The van der Waals surface area contributed by atoms with Crippen LogP contribution in [-0.2, 0) is 47.1 Å². The largest absolute Gasteiger partial charge is 0.491 e. The van der Waals surface area contributed by atoms with Crippen LogP contribution in [0, 0.1) is 17.8 Å². The van der Waals surface area contributed by atoms with Crippen molar-refractivity contribution in [3.63, 3.8) is 0 Å². The Labute approximate surface area is 449 Å². The van der Waals surface area contributed by atoms with Crippen molar-refractivity contribution >= 4 is 40.6 Å². The summed E-state index contributed by atoms with van der Waals surface area (Å²) in [4.78, 5) is 70.9. The van der Waals surface area contributed by atoms with Crippen molar-refractivity contribution in [2.45, 2.75) is 42.7 Å². The summed E-state index contributed by atoms with van der Waals surface area (Å²) in [6.07, 6.45) is -1.94. The predicted molar refractivity (Wildman–Crippen MR) is 283 cm³/mol. The normalized spacial score (nSPS) is 22.5. The van der Waals surface area contributed by atoms with Crippen LogP contribution in [0.15, 0.2) is 146 Å². The van der Waals surface area contributed by atoms with Crippen molar-refractivity contribution in [1.82, 2.24) is 29.7 Å². The number of morpholine rings is 1. The molecule has 6 heterocycles. The van der Waals surface area contributed by atoms with E-state index < -0.39 is 59.4 Å². The van der Waals surface area contributed by atoms with Gasteiger partial charge in [-0.25, -0.2) is 14.4 Å². The Balaban J connectivity index is 1.06. The van der Waals surface area contributed by atoms with Gasteiger partial charge in [-0.05, 0) is 70.8 Å². The first kappa shape index (κ1) is 50.2. The van der Waals surface area contributed by atoms with Crippen molar-refractivity contribution in [3.05, 3.63) is 179 Å². The number of hydrogen-bond acceptors (Lipinski definition) is 15. The summed E-state index contributed by atoms with van der Waals surface area (Å²) in [5.74, 6) is 4.66. The number of carbonyl (C=O) groups excluding carboxylic acids is 4. The molecule has 1 N–H and O–H groups in total. The summed E-state index contributed by atoms with van der Waals surface area (Å²) in [5, 5.41) is 18.8. The molecular formula is C60H55N7O11. The number of amides is 3. The highest BCUT2D eigenvalue weighted by atomic mass is 16.7. The van der Waals surface area contributed by atoms with E-state index in [4.69, 9.17) is 28.4 Å². The van der Waals surface area contributed by atoms with E-state index in [0.717, 1.165) is 21.5 Å². The molecule has 7 aromatic rings. The van der Waals surface area contributed by atoms with E-state index in [1.807, 2.05) is 114 Å². The average molecular weight is 1050 g/mol. The first-order valence-corrected chi connectivity index (χ1v) is 26.0. The van der Waals surface area contributed by atoms with Crippen molar-refractivity contribution in [3.8, 4) is 29.1 Å². The Bertz CT molecular complexity index is 3470. The molecule has 12 rings (SSSR count). The van der Waals surface area contributed by atoms with Gasteiger partial charge in [-0.15, -0.1) is 5.10 Å². The smallest absolute Gasteiger partial charge is 0.421 e. The van der Waals surface area contributed by atoms with Gasteiger partial charge in [-0.2, -0.15) is 0 Å². The lowest BCUT2D eigenvalue weighted by atomic mass is 9.64. The zero-order chi connectivity index (χ0) is 53.3. The molecule has 1 aromatic heterocycles. The van der Waals surface area contributed by atoms with Gasteiger partial charge in [0, 0.05) is 51.0 Å². The summed E-state index contributed by atoms with van der Waals surface area (Å²) in [6.45, 7) is 1.75. The number of imide groups is 1. The maximum atomic E-state index is 16.8. The molecule has 18 nitrogen and oxygen atoms in total. The van der Waals surface area contributed by atoms with Gasteiger partial charge in [0.2, 0.25) is 18.6 Å². The second-order valence-corrected chi connectivity index (χ2v) is 19.7. The number of ether oxygens (including phenoxy) is 6. The monoisotopic (exact) mass is 1050 g/mol. The molecule has 78 heavy (non-hydrogen) atoms. The number of carbonyl (C=O) groups is 4. The third-order valence-corrected chi connectivity index (χ3v) is 15.4. The lowest BCUT2D eigenvalue weighted by molar-refractivity contribution is -0.179. The minimum absolute atomic E-state index is 0.0443. The zero-order valence-electron chi connectivity index (χ0n) is 42.7. The molecular weight excluding hydrogens is 995 g/mol. The fourth-order valence-corrected chi connectivity index (χ4v) is 12.1. The highest BCUT2D eigenvalue weighted by molar-refractivity contribution is 6.23. The quantitative estimate of drug-likeness (QED) is 0.0762. The molecule has 6 atom stereocenters. The minimum atomic E-state index is -2.10. The van der Waals surface area contributed by atoms with Crippen LogP contribution < -0.4 is 19.1 Å². The molecule has 3 amide bonds. The molecule has 3 saturated heterocycles. The number of anilines is 1. The van der Waals surface area contributed by atoms with Gasteiger partial charge >= 0.3 is 12.1 Å². The number of benzene rings is 6. The van der Waals surface area contributed by atoms with Gasteiger partial charge in [0.15, 0.2) is 11.5 Å². The molecule has 0 saturated carbocycles. The first-order valence-electron chi connectivity index (χ1n) is 26.0. The summed E-state index contributed by atoms with van der Waals surface area (Å²) < 4.78 is 37.1. The van der Waals surface area contributed by atoms with Crippen LogP contribution in [0.2, 0.25) is 0 Å². The van der Waals surface area contributed by atoms with Crippen molar-refractivity contribution in [2.75, 3.05) is 71.4 Å². The number of esters is 1. The van der Waals surface area contributed by atoms with Gasteiger partial charge in [0.05, 0.1) is 42.4 Å². The molecule has 6 unspecified atom stereocenters. The molecule has 3 fully saturated rings. The second kappa shape index (κ2) is 21.4. The molecule has 5 aliphatic rings.